The normalized spacial score (nSPS) is 13.4. The number of pyridine rings is 1. The predicted molar refractivity (Wildman–Crippen MR) is 154 cm³/mol. The Kier molecular flexibility index (Phi) is 10.2. The minimum atomic E-state index is -1.15. The molecule has 12 heteroatoms. The molecule has 3 aromatic rings. The Morgan fingerprint density at radius 2 is 1.70 bits per heavy atom. The van der Waals surface area contributed by atoms with Crippen molar-refractivity contribution >= 4 is 38.7 Å². The Labute approximate surface area is 226 Å². The quantitative estimate of drug-likeness (QED) is 0.110. The van der Waals surface area contributed by atoms with Gasteiger partial charge in [0.2, 0.25) is 0 Å². The number of halogens is 1. The summed E-state index contributed by atoms with van der Waals surface area (Å²) in [6, 6.07) is 3.51. The van der Waals surface area contributed by atoms with E-state index >= 15 is 0 Å². The van der Waals surface area contributed by atoms with Crippen molar-refractivity contribution in [3.05, 3.63) is 40.3 Å². The molecule has 0 saturated carbocycles. The van der Waals surface area contributed by atoms with Gasteiger partial charge in [-0.1, -0.05) is 50.9 Å². The van der Waals surface area contributed by atoms with Crippen molar-refractivity contribution in [1.29, 1.82) is 0 Å². The summed E-state index contributed by atoms with van der Waals surface area (Å²) in [6.45, 7) is 18.1. The number of aromatic nitrogens is 5. The molecule has 3 aromatic heterocycles. The van der Waals surface area contributed by atoms with Crippen LogP contribution in [0.25, 0.3) is 22.2 Å². The topological polar surface area (TPSA) is 93.3 Å². The van der Waals surface area contributed by atoms with Gasteiger partial charge in [-0.15, -0.1) is 0 Å². The zero-order valence-electron chi connectivity index (χ0n) is 23.1. The third-order valence-corrected chi connectivity index (χ3v) is 9.46. The minimum Gasteiger partial charge on any atom is -0.360 e. The van der Waals surface area contributed by atoms with Gasteiger partial charge in [0.05, 0.1) is 30.6 Å². The summed E-state index contributed by atoms with van der Waals surface area (Å²) in [7, 11) is -2.28. The molecular weight excluding hydrogens is 526 g/mol. The highest BCUT2D eigenvalue weighted by atomic mass is 35.5. The maximum absolute atomic E-state index is 13.3. The third-order valence-electron chi connectivity index (χ3n) is 5.86. The fraction of sp³-hybridized carbons (Fsp3) is 0.600. The van der Waals surface area contributed by atoms with Crippen molar-refractivity contribution in [3.63, 3.8) is 0 Å². The summed E-state index contributed by atoms with van der Waals surface area (Å²) in [4.78, 5) is 22.4. The SMILES string of the molecule is C[C@@H](COCOCC[Si](C)(C)C)n1cnc2c(-c3cnn(COCC[Si](C)(C)C)c3)nc(Cl)cc2c1=O. The Morgan fingerprint density at radius 1 is 1.03 bits per heavy atom. The van der Waals surface area contributed by atoms with Crippen LogP contribution in [-0.4, -0.2) is 67.1 Å². The standard InChI is InChI=1S/C25H40ClN5O4Si2/c1-19(15-35-18-34-9-11-37(5,6)7)31-16-27-24-21(25(31)32)12-22(26)29-23(24)20-13-28-30(14-20)17-33-8-10-36(2,3)4/h12-14,16,19H,8-11,15,17-18H2,1-7H3/t19-/m0/s1. The molecule has 0 aromatic carbocycles. The second-order valence-electron chi connectivity index (χ2n) is 11.8. The highest BCUT2D eigenvalue weighted by Gasteiger charge is 2.18. The van der Waals surface area contributed by atoms with Gasteiger partial charge in [0.15, 0.2) is 0 Å². The van der Waals surface area contributed by atoms with E-state index in [9.17, 15) is 4.79 Å². The minimum absolute atomic E-state index is 0.201. The Bertz CT molecular complexity index is 1240. The lowest BCUT2D eigenvalue weighted by Gasteiger charge is -2.17. The van der Waals surface area contributed by atoms with Gasteiger partial charge >= 0.3 is 0 Å². The molecule has 3 rings (SSSR count). The molecule has 0 aliphatic heterocycles. The van der Waals surface area contributed by atoms with E-state index in [4.69, 9.17) is 25.8 Å². The third kappa shape index (κ3) is 9.11. The molecule has 9 nitrogen and oxygen atoms in total. The van der Waals surface area contributed by atoms with E-state index < -0.39 is 16.1 Å². The molecule has 3 heterocycles. The van der Waals surface area contributed by atoms with Gasteiger partial charge in [0.25, 0.3) is 5.56 Å². The lowest BCUT2D eigenvalue weighted by Crippen LogP contribution is -2.27. The molecule has 37 heavy (non-hydrogen) atoms. The number of ether oxygens (including phenoxy) is 3. The molecule has 0 bridgehead atoms. The Balaban J connectivity index is 1.69. The van der Waals surface area contributed by atoms with Crippen LogP contribution < -0.4 is 5.56 Å². The fourth-order valence-electron chi connectivity index (χ4n) is 3.52. The Hall–Kier alpha value is -1.90. The first-order valence-electron chi connectivity index (χ1n) is 12.7. The van der Waals surface area contributed by atoms with Crippen molar-refractivity contribution in [2.24, 2.45) is 0 Å². The first-order valence-corrected chi connectivity index (χ1v) is 20.5. The fourth-order valence-corrected chi connectivity index (χ4v) is 5.22. The average Bonchev–Trinajstić information content (AvgIpc) is 3.26. The van der Waals surface area contributed by atoms with Crippen LogP contribution >= 0.6 is 11.6 Å². The van der Waals surface area contributed by atoms with Crippen LogP contribution in [0.15, 0.2) is 29.6 Å². The van der Waals surface area contributed by atoms with Crippen LogP contribution in [0.3, 0.4) is 0 Å². The van der Waals surface area contributed by atoms with Crippen LogP contribution in [-0.2, 0) is 20.9 Å². The molecule has 204 valence electrons. The summed E-state index contributed by atoms with van der Waals surface area (Å²) in [5.74, 6) is 0. The zero-order chi connectivity index (χ0) is 27.2. The summed E-state index contributed by atoms with van der Waals surface area (Å²) in [5.41, 5.74) is 1.51. The molecule has 0 amide bonds. The zero-order valence-corrected chi connectivity index (χ0v) is 25.8. The van der Waals surface area contributed by atoms with Crippen LogP contribution in [0.4, 0.5) is 0 Å². The second kappa shape index (κ2) is 12.8. The predicted octanol–water partition coefficient (Wildman–Crippen LogP) is 5.51. The van der Waals surface area contributed by atoms with Gasteiger partial charge in [-0.25, -0.2) is 14.6 Å². The molecule has 0 saturated heterocycles. The summed E-state index contributed by atoms with van der Waals surface area (Å²) in [6.07, 6.45) is 5.05. The van der Waals surface area contributed by atoms with Gasteiger partial charge in [0.1, 0.15) is 29.9 Å². The largest absolute Gasteiger partial charge is 0.360 e. The Morgan fingerprint density at radius 3 is 2.38 bits per heavy atom. The van der Waals surface area contributed by atoms with E-state index in [-0.39, 0.29) is 23.5 Å². The number of fused-ring (bicyclic) bond motifs is 1. The van der Waals surface area contributed by atoms with E-state index in [1.807, 2.05) is 13.1 Å². The van der Waals surface area contributed by atoms with E-state index in [0.717, 1.165) is 17.7 Å². The lowest BCUT2D eigenvalue weighted by molar-refractivity contribution is -0.0577. The van der Waals surface area contributed by atoms with Crippen molar-refractivity contribution < 1.29 is 14.2 Å². The molecule has 0 fully saturated rings. The maximum Gasteiger partial charge on any atom is 0.261 e. The number of hydrogen-bond donors (Lipinski definition) is 0. The average molecular weight is 566 g/mol. The van der Waals surface area contributed by atoms with Crippen molar-refractivity contribution in [1.82, 2.24) is 24.3 Å². The monoisotopic (exact) mass is 565 g/mol. The molecule has 0 aliphatic rings. The van der Waals surface area contributed by atoms with Crippen LogP contribution in [0.1, 0.15) is 13.0 Å². The van der Waals surface area contributed by atoms with Gasteiger partial charge in [-0.05, 0) is 25.1 Å². The molecule has 0 spiro atoms. The summed E-state index contributed by atoms with van der Waals surface area (Å²) in [5, 5.41) is 5.00. The van der Waals surface area contributed by atoms with E-state index in [2.05, 4.69) is 54.3 Å². The van der Waals surface area contributed by atoms with Crippen LogP contribution in [0.5, 0.6) is 0 Å². The van der Waals surface area contributed by atoms with Crippen LogP contribution in [0.2, 0.25) is 56.5 Å². The van der Waals surface area contributed by atoms with E-state index in [0.29, 0.717) is 43.1 Å². The maximum atomic E-state index is 13.3. The molecule has 0 unspecified atom stereocenters. The first kappa shape index (κ1) is 29.7. The smallest absolute Gasteiger partial charge is 0.261 e. The van der Waals surface area contributed by atoms with Gasteiger partial charge in [-0.3, -0.25) is 9.36 Å². The molecule has 0 N–H and O–H groups in total. The lowest BCUT2D eigenvalue weighted by atomic mass is 10.1. The van der Waals surface area contributed by atoms with Crippen molar-refractivity contribution in [2.75, 3.05) is 26.6 Å². The van der Waals surface area contributed by atoms with E-state index in [1.165, 1.54) is 6.33 Å². The number of hydrogen-bond acceptors (Lipinski definition) is 7. The number of nitrogens with zero attached hydrogens (tertiary/aromatic N) is 5. The highest BCUT2D eigenvalue weighted by molar-refractivity contribution is 6.76. The molecule has 0 radical (unpaired) electrons. The first-order chi connectivity index (χ1) is 17.3. The molecule has 0 aliphatic carbocycles. The van der Waals surface area contributed by atoms with Crippen molar-refractivity contribution in [3.8, 4) is 11.3 Å². The highest BCUT2D eigenvalue weighted by Crippen LogP contribution is 2.26. The molecule has 1 atom stereocenters. The molecular formula is C25H40ClN5O4Si2. The van der Waals surface area contributed by atoms with Crippen molar-refractivity contribution in [2.45, 2.75) is 71.1 Å². The number of rotatable bonds is 14. The van der Waals surface area contributed by atoms with Crippen LogP contribution in [0, 0.1) is 0 Å². The van der Waals surface area contributed by atoms with Gasteiger partial charge in [0, 0.05) is 41.1 Å². The second-order valence-corrected chi connectivity index (χ2v) is 23.4. The van der Waals surface area contributed by atoms with Gasteiger partial charge in [-0.2, -0.15) is 5.10 Å². The van der Waals surface area contributed by atoms with Gasteiger partial charge < -0.3 is 14.2 Å². The summed E-state index contributed by atoms with van der Waals surface area (Å²) >= 11 is 6.32. The summed E-state index contributed by atoms with van der Waals surface area (Å²) < 4.78 is 20.3. The van der Waals surface area contributed by atoms with E-state index in [1.54, 1.807) is 21.5 Å².